The number of ether oxygens (including phenoxy) is 1. The first kappa shape index (κ1) is 13.6. The van der Waals surface area contributed by atoms with Crippen LogP contribution in [0.25, 0.3) is 0 Å². The minimum absolute atomic E-state index is 0.0921. The molecule has 0 aromatic heterocycles. The van der Waals surface area contributed by atoms with Gasteiger partial charge >= 0.3 is 0 Å². The van der Waals surface area contributed by atoms with Crippen LogP contribution in [-0.2, 0) is 0 Å². The highest BCUT2D eigenvalue weighted by Crippen LogP contribution is 2.30. The van der Waals surface area contributed by atoms with Gasteiger partial charge in [-0.15, -0.1) is 0 Å². The van der Waals surface area contributed by atoms with Gasteiger partial charge < -0.3 is 10.1 Å². The Morgan fingerprint density at radius 2 is 1.95 bits per heavy atom. The maximum atomic E-state index is 13.5. The molecule has 19 heavy (non-hydrogen) atoms. The van der Waals surface area contributed by atoms with Gasteiger partial charge in [-0.3, -0.25) is 0 Å². The van der Waals surface area contributed by atoms with Crippen LogP contribution < -0.4 is 10.1 Å². The Morgan fingerprint density at radius 3 is 2.58 bits per heavy atom. The molecule has 0 radical (unpaired) electrons. The maximum absolute atomic E-state index is 13.5. The number of benzene rings is 2. The lowest BCUT2D eigenvalue weighted by molar-refractivity contribution is 0.404. The molecule has 2 rings (SSSR count). The van der Waals surface area contributed by atoms with E-state index in [2.05, 4.69) is 11.4 Å². The van der Waals surface area contributed by atoms with E-state index in [1.54, 1.807) is 13.2 Å². The summed E-state index contributed by atoms with van der Waals surface area (Å²) < 4.78 is 18.8. The molecule has 0 bridgehead atoms. The van der Waals surface area contributed by atoms with Gasteiger partial charge in [-0.1, -0.05) is 29.8 Å². The molecular formula is C16H18FNO. The Kier molecular flexibility index (Phi) is 4.17. The Bertz CT molecular complexity index is 568. The smallest absolute Gasteiger partial charge is 0.124 e. The lowest BCUT2D eigenvalue weighted by Gasteiger charge is -2.20. The fourth-order valence-electron chi connectivity index (χ4n) is 2.28. The average molecular weight is 259 g/mol. The van der Waals surface area contributed by atoms with Gasteiger partial charge in [-0.05, 0) is 37.7 Å². The molecule has 0 spiro atoms. The quantitative estimate of drug-likeness (QED) is 0.908. The first-order chi connectivity index (χ1) is 9.15. The molecule has 0 fully saturated rings. The summed E-state index contributed by atoms with van der Waals surface area (Å²) >= 11 is 0. The first-order valence-electron chi connectivity index (χ1n) is 6.23. The minimum atomic E-state index is -0.260. The van der Waals surface area contributed by atoms with E-state index in [9.17, 15) is 4.39 Å². The van der Waals surface area contributed by atoms with Crippen LogP contribution in [0.15, 0.2) is 42.5 Å². The molecule has 0 saturated heterocycles. The number of methoxy groups -OCH3 is 1. The van der Waals surface area contributed by atoms with Crippen molar-refractivity contribution >= 4 is 0 Å². The van der Waals surface area contributed by atoms with E-state index in [1.807, 2.05) is 32.2 Å². The second-order valence-electron chi connectivity index (χ2n) is 4.52. The van der Waals surface area contributed by atoms with E-state index in [1.165, 1.54) is 17.7 Å². The van der Waals surface area contributed by atoms with E-state index in [4.69, 9.17) is 4.74 Å². The highest BCUT2D eigenvalue weighted by atomic mass is 19.1. The number of hydrogen-bond acceptors (Lipinski definition) is 2. The minimum Gasteiger partial charge on any atom is -0.496 e. The molecule has 100 valence electrons. The van der Waals surface area contributed by atoms with Crippen LogP contribution in [-0.4, -0.2) is 14.2 Å². The standard InChI is InChI=1S/C16H18FNO/c1-11-5-4-6-12(9-11)16(18-2)14-10-13(17)7-8-15(14)19-3/h4-10,16,18H,1-3H3. The third-order valence-electron chi connectivity index (χ3n) is 3.17. The van der Waals surface area contributed by atoms with Crippen LogP contribution in [0.3, 0.4) is 0 Å². The van der Waals surface area contributed by atoms with Crippen molar-refractivity contribution in [3.8, 4) is 5.75 Å². The molecule has 0 aliphatic heterocycles. The summed E-state index contributed by atoms with van der Waals surface area (Å²) in [5.41, 5.74) is 3.06. The lowest BCUT2D eigenvalue weighted by Crippen LogP contribution is -2.18. The molecule has 1 atom stereocenters. The summed E-state index contributed by atoms with van der Waals surface area (Å²) in [5.74, 6) is 0.422. The van der Waals surface area contributed by atoms with Crippen molar-refractivity contribution in [3.63, 3.8) is 0 Å². The van der Waals surface area contributed by atoms with E-state index < -0.39 is 0 Å². The van der Waals surface area contributed by atoms with Gasteiger partial charge in [0.25, 0.3) is 0 Å². The van der Waals surface area contributed by atoms with Gasteiger partial charge in [0.05, 0.1) is 13.2 Å². The number of halogens is 1. The molecule has 2 aromatic rings. The Labute approximate surface area is 113 Å². The monoisotopic (exact) mass is 259 g/mol. The summed E-state index contributed by atoms with van der Waals surface area (Å²) in [6, 6.07) is 12.6. The topological polar surface area (TPSA) is 21.3 Å². The van der Waals surface area contributed by atoms with Crippen molar-refractivity contribution < 1.29 is 9.13 Å². The predicted octanol–water partition coefficient (Wildman–Crippen LogP) is 3.45. The van der Waals surface area contributed by atoms with Gasteiger partial charge in [0, 0.05) is 5.56 Å². The molecule has 2 aromatic carbocycles. The molecule has 0 aliphatic rings. The first-order valence-corrected chi connectivity index (χ1v) is 6.23. The second-order valence-corrected chi connectivity index (χ2v) is 4.52. The molecule has 0 saturated carbocycles. The fourth-order valence-corrected chi connectivity index (χ4v) is 2.28. The Morgan fingerprint density at radius 1 is 1.16 bits per heavy atom. The van der Waals surface area contributed by atoms with Crippen molar-refractivity contribution in [1.82, 2.24) is 5.32 Å². The molecule has 1 N–H and O–H groups in total. The molecule has 0 heterocycles. The summed E-state index contributed by atoms with van der Waals surface area (Å²) in [7, 11) is 3.46. The SMILES string of the molecule is CNC(c1cccc(C)c1)c1cc(F)ccc1OC. The largest absolute Gasteiger partial charge is 0.496 e. The zero-order valence-corrected chi connectivity index (χ0v) is 11.4. The van der Waals surface area contributed by atoms with Crippen LogP contribution in [0, 0.1) is 12.7 Å². The zero-order chi connectivity index (χ0) is 13.8. The van der Waals surface area contributed by atoms with Crippen LogP contribution in [0.4, 0.5) is 4.39 Å². The van der Waals surface area contributed by atoms with Gasteiger partial charge in [0.15, 0.2) is 0 Å². The summed E-state index contributed by atoms with van der Waals surface area (Å²) in [4.78, 5) is 0. The van der Waals surface area contributed by atoms with Gasteiger partial charge in [-0.2, -0.15) is 0 Å². The van der Waals surface area contributed by atoms with Gasteiger partial charge in [0.1, 0.15) is 11.6 Å². The molecule has 3 heteroatoms. The summed E-state index contributed by atoms with van der Waals surface area (Å²) in [5, 5.41) is 3.22. The average Bonchev–Trinajstić information content (AvgIpc) is 2.40. The number of aryl methyl sites for hydroxylation is 1. The van der Waals surface area contributed by atoms with Crippen LogP contribution >= 0.6 is 0 Å². The maximum Gasteiger partial charge on any atom is 0.124 e. The van der Waals surface area contributed by atoms with Crippen molar-refractivity contribution in [1.29, 1.82) is 0 Å². The van der Waals surface area contributed by atoms with E-state index in [0.717, 1.165) is 11.1 Å². The molecule has 0 amide bonds. The highest BCUT2D eigenvalue weighted by Gasteiger charge is 2.17. The fraction of sp³-hybridized carbons (Fsp3) is 0.250. The van der Waals surface area contributed by atoms with Crippen LogP contribution in [0.5, 0.6) is 5.75 Å². The molecule has 0 aliphatic carbocycles. The van der Waals surface area contributed by atoms with Crippen molar-refractivity contribution in [2.75, 3.05) is 14.2 Å². The van der Waals surface area contributed by atoms with Crippen molar-refractivity contribution in [3.05, 3.63) is 65.0 Å². The normalized spacial score (nSPS) is 12.2. The number of rotatable bonds is 4. The Balaban J connectivity index is 2.50. The summed E-state index contributed by atoms with van der Waals surface area (Å²) in [6.07, 6.45) is 0. The Hall–Kier alpha value is -1.87. The summed E-state index contributed by atoms with van der Waals surface area (Å²) in [6.45, 7) is 2.04. The zero-order valence-electron chi connectivity index (χ0n) is 11.4. The third kappa shape index (κ3) is 2.93. The number of hydrogen-bond donors (Lipinski definition) is 1. The van der Waals surface area contributed by atoms with Gasteiger partial charge in [0.2, 0.25) is 0 Å². The van der Waals surface area contributed by atoms with E-state index >= 15 is 0 Å². The predicted molar refractivity (Wildman–Crippen MR) is 75.0 cm³/mol. The van der Waals surface area contributed by atoms with Crippen LogP contribution in [0.2, 0.25) is 0 Å². The van der Waals surface area contributed by atoms with E-state index in [0.29, 0.717) is 5.75 Å². The third-order valence-corrected chi connectivity index (χ3v) is 3.17. The van der Waals surface area contributed by atoms with Crippen molar-refractivity contribution in [2.45, 2.75) is 13.0 Å². The lowest BCUT2D eigenvalue weighted by atomic mass is 9.96. The highest BCUT2D eigenvalue weighted by molar-refractivity contribution is 5.42. The van der Waals surface area contributed by atoms with Crippen molar-refractivity contribution in [2.24, 2.45) is 0 Å². The molecular weight excluding hydrogens is 241 g/mol. The van der Waals surface area contributed by atoms with Gasteiger partial charge in [-0.25, -0.2) is 4.39 Å². The van der Waals surface area contributed by atoms with Crippen LogP contribution in [0.1, 0.15) is 22.7 Å². The van der Waals surface area contributed by atoms with E-state index in [-0.39, 0.29) is 11.9 Å². The molecule has 1 unspecified atom stereocenters. The number of nitrogens with one attached hydrogen (secondary N) is 1. The molecule has 2 nitrogen and oxygen atoms in total. The second kappa shape index (κ2) is 5.85.